The summed E-state index contributed by atoms with van der Waals surface area (Å²) in [5, 5.41) is 3.66. The van der Waals surface area contributed by atoms with E-state index in [1.54, 1.807) is 0 Å². The maximum absolute atomic E-state index is 5.58. The second-order valence-electron chi connectivity index (χ2n) is 5.42. The van der Waals surface area contributed by atoms with Crippen molar-refractivity contribution < 1.29 is 4.74 Å². The first kappa shape index (κ1) is 13.8. The number of ether oxygens (including phenoxy) is 1. The Labute approximate surface area is 124 Å². The van der Waals surface area contributed by atoms with Crippen molar-refractivity contribution in [1.82, 2.24) is 5.32 Å². The largest absolute Gasteiger partial charge is 0.378 e. The van der Waals surface area contributed by atoms with Gasteiger partial charge in [-0.1, -0.05) is 30.3 Å². The second-order valence-corrected chi connectivity index (χ2v) is 6.58. The topological polar surface area (TPSA) is 21.3 Å². The molecule has 1 aromatic heterocycles. The summed E-state index contributed by atoms with van der Waals surface area (Å²) in [6.07, 6.45) is 2.64. The summed E-state index contributed by atoms with van der Waals surface area (Å²) in [7, 11) is 0. The van der Waals surface area contributed by atoms with Crippen LogP contribution in [0.2, 0.25) is 0 Å². The molecule has 106 valence electrons. The molecular weight excluding hydrogens is 266 g/mol. The van der Waals surface area contributed by atoms with Crippen molar-refractivity contribution in [1.29, 1.82) is 0 Å². The fourth-order valence-corrected chi connectivity index (χ4v) is 3.62. The zero-order valence-electron chi connectivity index (χ0n) is 11.8. The van der Waals surface area contributed by atoms with Crippen LogP contribution < -0.4 is 5.32 Å². The average molecular weight is 287 g/mol. The van der Waals surface area contributed by atoms with Crippen LogP contribution in [0.5, 0.6) is 0 Å². The molecule has 0 radical (unpaired) electrons. The van der Waals surface area contributed by atoms with Gasteiger partial charge < -0.3 is 10.1 Å². The average Bonchev–Trinajstić information content (AvgIpc) is 2.95. The predicted molar refractivity (Wildman–Crippen MR) is 85.0 cm³/mol. The quantitative estimate of drug-likeness (QED) is 0.915. The molecule has 0 amide bonds. The van der Waals surface area contributed by atoms with Gasteiger partial charge in [0, 0.05) is 28.9 Å². The molecule has 2 aromatic rings. The van der Waals surface area contributed by atoms with E-state index in [0.29, 0.717) is 12.1 Å². The van der Waals surface area contributed by atoms with Crippen LogP contribution in [0.1, 0.15) is 24.6 Å². The molecule has 0 bridgehead atoms. The lowest BCUT2D eigenvalue weighted by molar-refractivity contribution is 0.0131. The van der Waals surface area contributed by atoms with Gasteiger partial charge in [0.1, 0.15) is 0 Å². The summed E-state index contributed by atoms with van der Waals surface area (Å²) in [6.45, 7) is 4.01. The van der Waals surface area contributed by atoms with Crippen molar-refractivity contribution in [2.24, 2.45) is 0 Å². The predicted octanol–water partition coefficient (Wildman–Crippen LogP) is 4.07. The lowest BCUT2D eigenvalue weighted by Gasteiger charge is -2.27. The Hall–Kier alpha value is -1.16. The minimum absolute atomic E-state index is 0.393. The first-order valence-electron chi connectivity index (χ1n) is 7.30. The standard InChI is InChI=1S/C17H21NOS/c1-13-11-15(9-10-19-13)18-12-16-7-8-17(20-16)14-5-3-2-4-6-14/h2-8,13,15,18H,9-12H2,1H3. The number of hydrogen-bond acceptors (Lipinski definition) is 3. The number of thiophene rings is 1. The summed E-state index contributed by atoms with van der Waals surface area (Å²) >= 11 is 1.88. The van der Waals surface area contributed by atoms with Crippen LogP contribution >= 0.6 is 11.3 Å². The van der Waals surface area contributed by atoms with E-state index in [1.165, 1.54) is 15.3 Å². The van der Waals surface area contributed by atoms with E-state index in [-0.39, 0.29) is 0 Å². The Kier molecular flexibility index (Phi) is 4.51. The highest BCUT2D eigenvalue weighted by Gasteiger charge is 2.18. The van der Waals surface area contributed by atoms with Crippen LogP contribution in [0.3, 0.4) is 0 Å². The molecule has 0 spiro atoms. The number of benzene rings is 1. The van der Waals surface area contributed by atoms with E-state index in [4.69, 9.17) is 4.74 Å². The molecular formula is C17H21NOS. The molecule has 2 heterocycles. The van der Waals surface area contributed by atoms with Gasteiger partial charge in [0.25, 0.3) is 0 Å². The number of nitrogens with one attached hydrogen (secondary N) is 1. The monoisotopic (exact) mass is 287 g/mol. The molecule has 1 aromatic carbocycles. The van der Waals surface area contributed by atoms with Crippen LogP contribution in [-0.4, -0.2) is 18.8 Å². The van der Waals surface area contributed by atoms with Gasteiger partial charge in [-0.05, 0) is 37.5 Å². The molecule has 1 fully saturated rings. The van der Waals surface area contributed by atoms with Gasteiger partial charge in [0.2, 0.25) is 0 Å². The third-order valence-corrected chi connectivity index (χ3v) is 4.90. The highest BCUT2D eigenvalue weighted by Crippen LogP contribution is 2.28. The summed E-state index contributed by atoms with van der Waals surface area (Å²) in [5.41, 5.74) is 1.31. The molecule has 0 aliphatic carbocycles. The van der Waals surface area contributed by atoms with Crippen molar-refractivity contribution in [2.45, 2.75) is 38.5 Å². The van der Waals surface area contributed by atoms with Crippen LogP contribution in [0.15, 0.2) is 42.5 Å². The first-order chi connectivity index (χ1) is 9.81. The minimum atomic E-state index is 0.393. The number of rotatable bonds is 4. The van der Waals surface area contributed by atoms with Crippen LogP contribution in [0, 0.1) is 0 Å². The Morgan fingerprint density at radius 2 is 2.05 bits per heavy atom. The molecule has 2 atom stereocenters. The van der Waals surface area contributed by atoms with Crippen molar-refractivity contribution >= 4 is 11.3 Å². The van der Waals surface area contributed by atoms with Gasteiger partial charge in [-0.15, -0.1) is 11.3 Å². The Bertz CT molecular complexity index is 537. The fraction of sp³-hybridized carbons (Fsp3) is 0.412. The zero-order chi connectivity index (χ0) is 13.8. The fourth-order valence-electron chi connectivity index (χ4n) is 2.66. The summed E-state index contributed by atoms with van der Waals surface area (Å²) in [5.74, 6) is 0. The summed E-state index contributed by atoms with van der Waals surface area (Å²) < 4.78 is 5.58. The van der Waals surface area contributed by atoms with Crippen molar-refractivity contribution in [3.05, 3.63) is 47.3 Å². The van der Waals surface area contributed by atoms with Crippen LogP contribution in [0.25, 0.3) is 10.4 Å². The van der Waals surface area contributed by atoms with E-state index in [9.17, 15) is 0 Å². The lowest BCUT2D eigenvalue weighted by Crippen LogP contribution is -2.37. The van der Waals surface area contributed by atoms with Gasteiger partial charge in [-0.2, -0.15) is 0 Å². The molecule has 3 rings (SSSR count). The van der Waals surface area contributed by atoms with Gasteiger partial charge in [0.15, 0.2) is 0 Å². The Morgan fingerprint density at radius 3 is 2.85 bits per heavy atom. The van der Waals surface area contributed by atoms with Gasteiger partial charge in [-0.3, -0.25) is 0 Å². The zero-order valence-corrected chi connectivity index (χ0v) is 12.7. The van der Waals surface area contributed by atoms with Gasteiger partial charge in [-0.25, -0.2) is 0 Å². The Balaban J connectivity index is 1.58. The molecule has 20 heavy (non-hydrogen) atoms. The molecule has 3 heteroatoms. The number of hydrogen-bond donors (Lipinski definition) is 1. The molecule has 0 saturated carbocycles. The molecule has 1 aliphatic heterocycles. The third kappa shape index (κ3) is 3.48. The molecule has 1 N–H and O–H groups in total. The summed E-state index contributed by atoms with van der Waals surface area (Å²) in [4.78, 5) is 2.76. The van der Waals surface area contributed by atoms with Crippen LogP contribution in [-0.2, 0) is 11.3 Å². The van der Waals surface area contributed by atoms with E-state index in [1.807, 2.05) is 11.3 Å². The molecule has 1 aliphatic rings. The van der Waals surface area contributed by atoms with Gasteiger partial charge in [0.05, 0.1) is 6.10 Å². The van der Waals surface area contributed by atoms with Crippen molar-refractivity contribution in [3.63, 3.8) is 0 Å². The third-order valence-electron chi connectivity index (χ3n) is 3.77. The molecule has 2 nitrogen and oxygen atoms in total. The summed E-state index contributed by atoms with van der Waals surface area (Å²) in [6, 6.07) is 15.7. The van der Waals surface area contributed by atoms with E-state index in [2.05, 4.69) is 54.7 Å². The lowest BCUT2D eigenvalue weighted by atomic mass is 10.0. The maximum atomic E-state index is 5.58. The van der Waals surface area contributed by atoms with Crippen molar-refractivity contribution in [3.8, 4) is 10.4 Å². The normalized spacial score (nSPS) is 22.9. The van der Waals surface area contributed by atoms with E-state index >= 15 is 0 Å². The van der Waals surface area contributed by atoms with E-state index < -0.39 is 0 Å². The van der Waals surface area contributed by atoms with E-state index in [0.717, 1.165) is 26.0 Å². The van der Waals surface area contributed by atoms with Gasteiger partial charge >= 0.3 is 0 Å². The Morgan fingerprint density at radius 1 is 1.20 bits per heavy atom. The first-order valence-corrected chi connectivity index (χ1v) is 8.12. The van der Waals surface area contributed by atoms with Crippen LogP contribution in [0.4, 0.5) is 0 Å². The highest BCUT2D eigenvalue weighted by atomic mass is 32.1. The second kappa shape index (κ2) is 6.53. The molecule has 1 saturated heterocycles. The molecule has 2 unspecified atom stereocenters. The van der Waals surface area contributed by atoms with Crippen molar-refractivity contribution in [2.75, 3.05) is 6.61 Å². The smallest absolute Gasteiger partial charge is 0.0561 e. The highest BCUT2D eigenvalue weighted by molar-refractivity contribution is 7.15. The minimum Gasteiger partial charge on any atom is -0.378 e. The maximum Gasteiger partial charge on any atom is 0.0561 e. The SMILES string of the molecule is CC1CC(NCc2ccc(-c3ccccc3)s2)CCO1.